The number of carbonyl (C=O) groups excluding carboxylic acids is 4. The molecule has 2 atom stereocenters. The monoisotopic (exact) mass is 332 g/mol. The van der Waals surface area contributed by atoms with Crippen LogP contribution in [0.2, 0.25) is 0 Å². The molecular weight excluding hydrogens is 312 g/mol. The van der Waals surface area contributed by atoms with Crippen molar-refractivity contribution in [2.24, 2.45) is 5.73 Å². The molecule has 1 aromatic carbocycles. The highest BCUT2D eigenvalue weighted by Crippen LogP contribution is 2.33. The number of ether oxygens (including phenoxy) is 1. The average molecular weight is 332 g/mol. The number of hydrogen-bond donors (Lipinski definition) is 1. The number of carbonyl (C=O) groups is 4. The Labute approximate surface area is 139 Å². The molecule has 7 nitrogen and oxygen atoms in total. The van der Waals surface area contributed by atoms with Crippen molar-refractivity contribution in [3.05, 3.63) is 35.9 Å². The lowest BCUT2D eigenvalue weighted by atomic mass is 9.82. The second kappa shape index (κ2) is 6.82. The van der Waals surface area contributed by atoms with E-state index in [-0.39, 0.29) is 19.4 Å². The van der Waals surface area contributed by atoms with Crippen LogP contribution in [-0.4, -0.2) is 40.0 Å². The van der Waals surface area contributed by atoms with Gasteiger partial charge in [-0.1, -0.05) is 37.3 Å². The van der Waals surface area contributed by atoms with Gasteiger partial charge in [-0.2, -0.15) is 0 Å². The molecule has 1 fully saturated rings. The number of amides is 2. The summed E-state index contributed by atoms with van der Waals surface area (Å²) < 4.78 is 5.21. The van der Waals surface area contributed by atoms with Gasteiger partial charge in [-0.05, 0) is 18.9 Å². The summed E-state index contributed by atoms with van der Waals surface area (Å²) in [6.45, 7) is 2.81. The maximum Gasteiger partial charge on any atom is 0.329 e. The van der Waals surface area contributed by atoms with Gasteiger partial charge in [-0.15, -0.1) is 0 Å². The molecule has 1 aliphatic heterocycles. The van der Waals surface area contributed by atoms with Gasteiger partial charge < -0.3 is 15.4 Å². The van der Waals surface area contributed by atoms with Crippen LogP contribution in [0.4, 0.5) is 0 Å². The average Bonchev–Trinajstić information content (AvgIpc) is 2.55. The summed E-state index contributed by atoms with van der Waals surface area (Å²) in [5.41, 5.74) is 4.38. The quantitative estimate of drug-likeness (QED) is 0.446. The number of nitrogens with zero attached hydrogens (tertiary/aromatic N) is 1. The van der Waals surface area contributed by atoms with Crippen molar-refractivity contribution in [1.82, 2.24) is 4.90 Å². The smallest absolute Gasteiger partial charge is 0.329 e. The van der Waals surface area contributed by atoms with E-state index in [1.165, 1.54) is 6.92 Å². The Bertz CT molecular complexity index is 657. The van der Waals surface area contributed by atoms with Gasteiger partial charge in [-0.25, -0.2) is 4.79 Å². The van der Waals surface area contributed by atoms with Crippen molar-refractivity contribution in [3.63, 3.8) is 0 Å². The van der Waals surface area contributed by atoms with Gasteiger partial charge >= 0.3 is 5.97 Å². The summed E-state index contributed by atoms with van der Waals surface area (Å²) in [5.74, 6) is -2.62. The van der Waals surface area contributed by atoms with Crippen molar-refractivity contribution in [1.29, 1.82) is 0 Å². The molecule has 2 amide bonds. The van der Waals surface area contributed by atoms with Crippen LogP contribution in [0.5, 0.6) is 0 Å². The van der Waals surface area contributed by atoms with Crippen LogP contribution < -0.4 is 5.73 Å². The molecule has 0 spiro atoms. The number of rotatable bonds is 7. The third-order valence-electron chi connectivity index (χ3n) is 4.36. The summed E-state index contributed by atoms with van der Waals surface area (Å²) >= 11 is 0. The van der Waals surface area contributed by atoms with Gasteiger partial charge in [0.25, 0.3) is 5.91 Å². The minimum absolute atomic E-state index is 0.00583. The molecule has 1 aliphatic rings. The first-order chi connectivity index (χ1) is 11.3. The standard InChI is InChI=1S/C17H20N2O5/c1-3-17(11(2)20,16(18)23)19-13(9-14(19)21)15(22)24-10-12-7-5-4-6-8-12/h4-8,13H,3,9-10H2,1-2H3,(H2,18,23). The van der Waals surface area contributed by atoms with Gasteiger partial charge in [0.15, 0.2) is 11.3 Å². The van der Waals surface area contributed by atoms with E-state index in [2.05, 4.69) is 0 Å². The lowest BCUT2D eigenvalue weighted by molar-refractivity contribution is -0.179. The molecule has 7 heteroatoms. The predicted molar refractivity (Wildman–Crippen MR) is 84.4 cm³/mol. The van der Waals surface area contributed by atoms with Gasteiger partial charge in [0, 0.05) is 0 Å². The molecule has 1 aromatic rings. The van der Waals surface area contributed by atoms with Crippen molar-refractivity contribution < 1.29 is 23.9 Å². The number of ketones is 1. The zero-order valence-electron chi connectivity index (χ0n) is 13.7. The summed E-state index contributed by atoms with van der Waals surface area (Å²) in [7, 11) is 0. The number of esters is 1. The van der Waals surface area contributed by atoms with Crippen LogP contribution >= 0.6 is 0 Å². The first-order valence-corrected chi connectivity index (χ1v) is 7.68. The van der Waals surface area contributed by atoms with E-state index in [0.717, 1.165) is 10.5 Å². The zero-order chi connectivity index (χ0) is 17.9. The molecule has 128 valence electrons. The molecule has 0 aliphatic carbocycles. The second-order valence-corrected chi connectivity index (χ2v) is 5.71. The van der Waals surface area contributed by atoms with Crippen molar-refractivity contribution in [2.75, 3.05) is 0 Å². The van der Waals surface area contributed by atoms with Crippen LogP contribution in [0, 0.1) is 0 Å². The Morgan fingerprint density at radius 1 is 1.29 bits per heavy atom. The van der Waals surface area contributed by atoms with Crippen LogP contribution in [-0.2, 0) is 30.5 Å². The lowest BCUT2D eigenvalue weighted by Crippen LogP contribution is -2.73. The summed E-state index contributed by atoms with van der Waals surface area (Å²) in [6.07, 6.45) is -0.0954. The van der Waals surface area contributed by atoms with Crippen LogP contribution in [0.1, 0.15) is 32.3 Å². The Morgan fingerprint density at radius 2 is 1.92 bits per heavy atom. The number of hydrogen-bond acceptors (Lipinski definition) is 5. The molecular formula is C17H20N2O5. The maximum absolute atomic E-state index is 12.3. The Kier molecular flexibility index (Phi) is 5.02. The fourth-order valence-electron chi connectivity index (χ4n) is 2.96. The number of benzene rings is 1. The summed E-state index contributed by atoms with van der Waals surface area (Å²) in [6, 6.07) is 8.09. The molecule has 0 aromatic heterocycles. The molecule has 0 saturated carbocycles. The van der Waals surface area contributed by atoms with Gasteiger partial charge in [0.1, 0.15) is 12.6 Å². The molecule has 2 unspecified atom stereocenters. The largest absolute Gasteiger partial charge is 0.459 e. The maximum atomic E-state index is 12.3. The Morgan fingerprint density at radius 3 is 2.38 bits per heavy atom. The molecule has 2 N–H and O–H groups in total. The zero-order valence-corrected chi connectivity index (χ0v) is 13.7. The predicted octanol–water partition coefficient (Wildman–Crippen LogP) is 0.554. The SMILES string of the molecule is CCC(C(C)=O)(C(N)=O)N1C(=O)CC1C(=O)OCc1ccccc1. The number of β-lactam (4-membered cyclic amide) rings is 1. The van der Waals surface area contributed by atoms with Crippen molar-refractivity contribution in [3.8, 4) is 0 Å². The lowest BCUT2D eigenvalue weighted by Gasteiger charge is -2.48. The second-order valence-electron chi connectivity index (χ2n) is 5.71. The van der Waals surface area contributed by atoms with E-state index in [9.17, 15) is 19.2 Å². The van der Waals surface area contributed by atoms with Gasteiger partial charge in [0.05, 0.1) is 6.42 Å². The first-order valence-electron chi connectivity index (χ1n) is 7.68. The minimum atomic E-state index is -1.80. The van der Waals surface area contributed by atoms with E-state index in [1.807, 2.05) is 18.2 Å². The van der Waals surface area contributed by atoms with Crippen molar-refractivity contribution >= 4 is 23.6 Å². The first kappa shape index (κ1) is 17.7. The third kappa shape index (κ3) is 2.89. The Hall–Kier alpha value is -2.70. The van der Waals surface area contributed by atoms with E-state index in [1.54, 1.807) is 19.1 Å². The van der Waals surface area contributed by atoms with Gasteiger partial charge in [-0.3, -0.25) is 14.4 Å². The van der Waals surface area contributed by atoms with Crippen LogP contribution in [0.3, 0.4) is 0 Å². The number of Topliss-reactive ketones (excluding diaryl/α,β-unsaturated/α-hetero) is 1. The highest BCUT2D eigenvalue weighted by molar-refractivity contribution is 6.14. The molecule has 24 heavy (non-hydrogen) atoms. The van der Waals surface area contributed by atoms with E-state index < -0.39 is 35.1 Å². The van der Waals surface area contributed by atoms with Gasteiger partial charge in [0.2, 0.25) is 5.91 Å². The molecule has 2 rings (SSSR count). The van der Waals surface area contributed by atoms with E-state index in [4.69, 9.17) is 10.5 Å². The third-order valence-corrected chi connectivity index (χ3v) is 4.36. The van der Waals surface area contributed by atoms with Crippen LogP contribution in [0.15, 0.2) is 30.3 Å². The highest BCUT2D eigenvalue weighted by Gasteiger charge is 2.58. The minimum Gasteiger partial charge on any atom is -0.459 e. The molecule has 1 heterocycles. The Balaban J connectivity index is 2.16. The normalized spacial score (nSPS) is 19.2. The fraction of sp³-hybridized carbons (Fsp3) is 0.412. The molecule has 1 saturated heterocycles. The fourth-order valence-corrected chi connectivity index (χ4v) is 2.96. The summed E-state index contributed by atoms with van der Waals surface area (Å²) in [5, 5.41) is 0. The highest BCUT2D eigenvalue weighted by atomic mass is 16.5. The number of likely N-dealkylation sites (tertiary alicyclic amines) is 1. The molecule has 0 bridgehead atoms. The van der Waals surface area contributed by atoms with E-state index in [0.29, 0.717) is 0 Å². The van der Waals surface area contributed by atoms with E-state index >= 15 is 0 Å². The number of primary amides is 1. The molecule has 0 radical (unpaired) electrons. The number of nitrogens with two attached hydrogens (primary N) is 1. The van der Waals surface area contributed by atoms with Crippen molar-refractivity contribution in [2.45, 2.75) is 44.9 Å². The summed E-state index contributed by atoms with van der Waals surface area (Å²) in [4.78, 5) is 49.1. The topological polar surface area (TPSA) is 107 Å². The van der Waals surface area contributed by atoms with Crippen LogP contribution in [0.25, 0.3) is 0 Å².